The molecule has 1 aromatic carbocycles. The van der Waals surface area contributed by atoms with Crippen molar-refractivity contribution in [1.82, 2.24) is 10.1 Å². The second-order valence-electron chi connectivity index (χ2n) is 5.47. The van der Waals surface area contributed by atoms with Gasteiger partial charge in [-0.1, -0.05) is 11.2 Å². The Morgan fingerprint density at radius 1 is 1.43 bits per heavy atom. The van der Waals surface area contributed by atoms with Crippen LogP contribution >= 0.6 is 15.9 Å². The quantitative estimate of drug-likeness (QED) is 0.832. The maximum Gasteiger partial charge on any atom is 0.154 e. The predicted molar refractivity (Wildman–Crippen MR) is 84.3 cm³/mol. The largest absolute Gasteiger partial charge is 0.496 e. The standard InChI is InChI=1S/C16H19BrN2O2/c1-11-8-16(21-18-11)14-4-3-7-19(14)10-12-5-6-15(20-2)13(17)9-12/h5-6,8-9,14H,3-4,7,10H2,1-2H3/t14-/m0/s1. The Kier molecular flexibility index (Phi) is 4.31. The molecule has 0 unspecified atom stereocenters. The molecule has 0 amide bonds. The van der Waals surface area contributed by atoms with Gasteiger partial charge in [-0.15, -0.1) is 0 Å². The van der Waals surface area contributed by atoms with Crippen molar-refractivity contribution >= 4 is 15.9 Å². The summed E-state index contributed by atoms with van der Waals surface area (Å²) in [4.78, 5) is 2.45. The van der Waals surface area contributed by atoms with Gasteiger partial charge in [-0.05, 0) is 59.9 Å². The van der Waals surface area contributed by atoms with E-state index in [1.165, 1.54) is 12.0 Å². The van der Waals surface area contributed by atoms with Crippen molar-refractivity contribution in [2.75, 3.05) is 13.7 Å². The average molecular weight is 351 g/mol. The van der Waals surface area contributed by atoms with E-state index in [0.717, 1.165) is 41.2 Å². The monoisotopic (exact) mass is 350 g/mol. The number of nitrogens with zero attached hydrogens (tertiary/aromatic N) is 2. The number of ether oxygens (including phenoxy) is 1. The van der Waals surface area contributed by atoms with Gasteiger partial charge in [0.15, 0.2) is 5.76 Å². The van der Waals surface area contributed by atoms with Gasteiger partial charge in [0.1, 0.15) is 5.75 Å². The van der Waals surface area contributed by atoms with Crippen molar-refractivity contribution in [2.24, 2.45) is 0 Å². The van der Waals surface area contributed by atoms with Crippen LogP contribution in [-0.4, -0.2) is 23.7 Å². The van der Waals surface area contributed by atoms with Gasteiger partial charge in [0.2, 0.25) is 0 Å². The van der Waals surface area contributed by atoms with Gasteiger partial charge >= 0.3 is 0 Å². The smallest absolute Gasteiger partial charge is 0.154 e. The van der Waals surface area contributed by atoms with Gasteiger partial charge in [0, 0.05) is 12.6 Å². The van der Waals surface area contributed by atoms with Gasteiger partial charge in [-0.3, -0.25) is 4.90 Å². The molecule has 0 N–H and O–H groups in total. The molecule has 112 valence electrons. The number of methoxy groups -OCH3 is 1. The van der Waals surface area contributed by atoms with E-state index in [-0.39, 0.29) is 0 Å². The minimum absolute atomic E-state index is 0.340. The maximum absolute atomic E-state index is 5.46. The molecule has 1 saturated heterocycles. The molecule has 0 saturated carbocycles. The van der Waals surface area contributed by atoms with Gasteiger partial charge < -0.3 is 9.26 Å². The normalized spacial score (nSPS) is 19.1. The molecule has 0 spiro atoms. The molecule has 0 bridgehead atoms. The van der Waals surface area contributed by atoms with E-state index in [9.17, 15) is 0 Å². The summed E-state index contributed by atoms with van der Waals surface area (Å²) >= 11 is 3.55. The highest BCUT2D eigenvalue weighted by molar-refractivity contribution is 9.10. The minimum atomic E-state index is 0.340. The summed E-state index contributed by atoms with van der Waals surface area (Å²) in [5, 5.41) is 4.01. The van der Waals surface area contributed by atoms with Gasteiger partial charge in [-0.25, -0.2) is 0 Å². The fraction of sp³-hybridized carbons (Fsp3) is 0.438. The zero-order chi connectivity index (χ0) is 14.8. The molecule has 1 aliphatic rings. The molecule has 0 aliphatic carbocycles. The van der Waals surface area contributed by atoms with Crippen LogP contribution in [-0.2, 0) is 6.54 Å². The lowest BCUT2D eigenvalue weighted by atomic mass is 10.1. The molecule has 2 heterocycles. The third-order valence-electron chi connectivity index (χ3n) is 3.94. The van der Waals surface area contributed by atoms with Crippen LogP contribution in [0.2, 0.25) is 0 Å². The van der Waals surface area contributed by atoms with Crippen molar-refractivity contribution in [3.8, 4) is 5.75 Å². The minimum Gasteiger partial charge on any atom is -0.496 e. The molecule has 1 aromatic heterocycles. The van der Waals surface area contributed by atoms with E-state index in [2.05, 4.69) is 38.1 Å². The van der Waals surface area contributed by atoms with Crippen LogP contribution in [0.5, 0.6) is 5.75 Å². The Balaban J connectivity index is 1.75. The average Bonchev–Trinajstić information content (AvgIpc) is 3.08. The molecule has 4 nitrogen and oxygen atoms in total. The van der Waals surface area contributed by atoms with Gasteiger partial charge in [-0.2, -0.15) is 0 Å². The Morgan fingerprint density at radius 3 is 2.95 bits per heavy atom. The third kappa shape index (κ3) is 3.14. The number of hydrogen-bond acceptors (Lipinski definition) is 4. The lowest BCUT2D eigenvalue weighted by molar-refractivity contribution is 0.206. The second-order valence-corrected chi connectivity index (χ2v) is 6.32. The summed E-state index contributed by atoms with van der Waals surface area (Å²) in [6.07, 6.45) is 2.33. The lowest BCUT2D eigenvalue weighted by Crippen LogP contribution is -2.22. The molecule has 1 fully saturated rings. The molecule has 21 heavy (non-hydrogen) atoms. The molecule has 5 heteroatoms. The summed E-state index contributed by atoms with van der Waals surface area (Å²) in [7, 11) is 1.68. The topological polar surface area (TPSA) is 38.5 Å². The fourth-order valence-electron chi connectivity index (χ4n) is 2.92. The zero-order valence-electron chi connectivity index (χ0n) is 12.3. The third-order valence-corrected chi connectivity index (χ3v) is 4.56. The first-order valence-electron chi connectivity index (χ1n) is 7.17. The summed E-state index contributed by atoms with van der Waals surface area (Å²) in [5.41, 5.74) is 2.22. The predicted octanol–water partition coefficient (Wildman–Crippen LogP) is 4.09. The van der Waals surface area contributed by atoms with Crippen molar-refractivity contribution in [1.29, 1.82) is 0 Å². The number of rotatable bonds is 4. The summed E-state index contributed by atoms with van der Waals surface area (Å²) in [5.74, 6) is 1.85. The van der Waals surface area contributed by atoms with E-state index in [0.29, 0.717) is 6.04 Å². The molecular formula is C16H19BrN2O2. The van der Waals surface area contributed by atoms with Gasteiger partial charge in [0.05, 0.1) is 23.3 Å². The first kappa shape index (κ1) is 14.6. The Morgan fingerprint density at radius 2 is 2.29 bits per heavy atom. The van der Waals surface area contributed by atoms with Crippen molar-refractivity contribution < 1.29 is 9.26 Å². The number of halogens is 1. The second kappa shape index (κ2) is 6.20. The van der Waals surface area contributed by atoms with Crippen LogP contribution in [0.1, 0.15) is 35.9 Å². The molecule has 0 radical (unpaired) electrons. The van der Waals surface area contributed by atoms with E-state index in [4.69, 9.17) is 9.26 Å². The SMILES string of the molecule is COc1ccc(CN2CCC[C@H]2c2cc(C)no2)cc1Br. The summed E-state index contributed by atoms with van der Waals surface area (Å²) < 4.78 is 11.7. The molecule has 3 rings (SSSR count). The highest BCUT2D eigenvalue weighted by Crippen LogP contribution is 2.34. The Bertz CT molecular complexity index is 626. The maximum atomic E-state index is 5.46. The fourth-order valence-corrected chi connectivity index (χ4v) is 3.51. The van der Waals surface area contributed by atoms with Crippen molar-refractivity contribution in [3.05, 3.63) is 45.8 Å². The van der Waals surface area contributed by atoms with Crippen LogP contribution in [0.15, 0.2) is 33.3 Å². The number of aryl methyl sites for hydroxylation is 1. The molecular weight excluding hydrogens is 332 g/mol. The Labute approximate surface area is 133 Å². The molecule has 1 atom stereocenters. The van der Waals surface area contributed by atoms with Crippen molar-refractivity contribution in [2.45, 2.75) is 32.4 Å². The van der Waals surface area contributed by atoms with Crippen LogP contribution in [0.3, 0.4) is 0 Å². The molecule has 1 aliphatic heterocycles. The number of benzene rings is 1. The first-order chi connectivity index (χ1) is 10.2. The number of likely N-dealkylation sites (tertiary alicyclic amines) is 1. The van der Waals surface area contributed by atoms with E-state index >= 15 is 0 Å². The van der Waals surface area contributed by atoms with Crippen molar-refractivity contribution in [3.63, 3.8) is 0 Å². The number of aromatic nitrogens is 1. The zero-order valence-corrected chi connectivity index (χ0v) is 13.9. The van der Waals surface area contributed by atoms with Crippen LogP contribution in [0, 0.1) is 6.92 Å². The highest BCUT2D eigenvalue weighted by Gasteiger charge is 2.29. The van der Waals surface area contributed by atoms with Crippen LogP contribution < -0.4 is 4.74 Å². The van der Waals surface area contributed by atoms with E-state index in [1.54, 1.807) is 7.11 Å². The molecule has 2 aromatic rings. The summed E-state index contributed by atoms with van der Waals surface area (Å²) in [6, 6.07) is 8.63. The highest BCUT2D eigenvalue weighted by atomic mass is 79.9. The lowest BCUT2D eigenvalue weighted by Gasteiger charge is -2.22. The Hall–Kier alpha value is -1.33. The van der Waals surface area contributed by atoms with Crippen LogP contribution in [0.4, 0.5) is 0 Å². The van der Waals surface area contributed by atoms with E-state index < -0.39 is 0 Å². The van der Waals surface area contributed by atoms with E-state index in [1.807, 2.05) is 19.1 Å². The number of hydrogen-bond donors (Lipinski definition) is 0. The van der Waals surface area contributed by atoms with Gasteiger partial charge in [0.25, 0.3) is 0 Å². The first-order valence-corrected chi connectivity index (χ1v) is 7.96. The summed E-state index contributed by atoms with van der Waals surface area (Å²) in [6.45, 7) is 3.97. The van der Waals surface area contributed by atoms with Crippen LogP contribution in [0.25, 0.3) is 0 Å².